The highest BCUT2D eigenvalue weighted by Gasteiger charge is 2.39. The molecule has 0 N–H and O–H groups in total. The predicted molar refractivity (Wildman–Crippen MR) is 70.6 cm³/mol. The van der Waals surface area contributed by atoms with Crippen LogP contribution in [0.2, 0.25) is 0 Å². The SMILES string of the molecule is CCc1nc(CN2CCC3(CC2)OCCO3)cs1. The van der Waals surface area contributed by atoms with Crippen molar-refractivity contribution in [2.75, 3.05) is 26.3 Å². The van der Waals surface area contributed by atoms with E-state index in [-0.39, 0.29) is 5.79 Å². The van der Waals surface area contributed by atoms with Crippen LogP contribution in [-0.2, 0) is 22.4 Å². The molecule has 4 nitrogen and oxygen atoms in total. The van der Waals surface area contributed by atoms with Gasteiger partial charge in [0.2, 0.25) is 0 Å². The van der Waals surface area contributed by atoms with Gasteiger partial charge in [0.25, 0.3) is 0 Å². The molecule has 2 saturated heterocycles. The molecule has 2 aliphatic heterocycles. The Morgan fingerprint density at radius 3 is 2.67 bits per heavy atom. The molecule has 3 heterocycles. The highest BCUT2D eigenvalue weighted by molar-refractivity contribution is 7.09. The minimum absolute atomic E-state index is 0.257. The lowest BCUT2D eigenvalue weighted by Gasteiger charge is -2.37. The Kier molecular flexibility index (Phi) is 3.66. The third kappa shape index (κ3) is 2.59. The van der Waals surface area contributed by atoms with Crippen molar-refractivity contribution >= 4 is 11.3 Å². The molecule has 2 fully saturated rings. The normalized spacial score (nSPS) is 23.8. The first kappa shape index (κ1) is 12.5. The zero-order chi connectivity index (χ0) is 12.4. The van der Waals surface area contributed by atoms with Crippen LogP contribution in [-0.4, -0.2) is 42.0 Å². The molecule has 1 spiro atoms. The molecule has 0 aromatic carbocycles. The van der Waals surface area contributed by atoms with Crippen LogP contribution >= 0.6 is 11.3 Å². The van der Waals surface area contributed by atoms with Gasteiger partial charge in [0.15, 0.2) is 5.79 Å². The zero-order valence-corrected chi connectivity index (χ0v) is 11.7. The molecule has 0 radical (unpaired) electrons. The fraction of sp³-hybridized carbons (Fsp3) is 0.769. The molecule has 0 atom stereocenters. The van der Waals surface area contributed by atoms with Gasteiger partial charge in [0.05, 0.1) is 23.9 Å². The monoisotopic (exact) mass is 268 g/mol. The largest absolute Gasteiger partial charge is 0.347 e. The first-order chi connectivity index (χ1) is 8.80. The van der Waals surface area contributed by atoms with E-state index in [1.54, 1.807) is 11.3 Å². The summed E-state index contributed by atoms with van der Waals surface area (Å²) in [5, 5.41) is 3.42. The summed E-state index contributed by atoms with van der Waals surface area (Å²) in [6.45, 7) is 6.71. The third-order valence-electron chi connectivity index (χ3n) is 3.72. The van der Waals surface area contributed by atoms with Gasteiger partial charge in [-0.1, -0.05) is 6.92 Å². The van der Waals surface area contributed by atoms with E-state index in [4.69, 9.17) is 9.47 Å². The van der Waals surface area contributed by atoms with Crippen molar-refractivity contribution in [2.24, 2.45) is 0 Å². The number of likely N-dealkylation sites (tertiary alicyclic amines) is 1. The van der Waals surface area contributed by atoms with E-state index in [1.807, 2.05) is 0 Å². The Hall–Kier alpha value is -0.490. The average Bonchev–Trinajstić information content (AvgIpc) is 3.02. The molecule has 5 heteroatoms. The second-order valence-corrected chi connectivity index (χ2v) is 5.91. The minimum Gasteiger partial charge on any atom is -0.347 e. The Bertz CT molecular complexity index is 391. The van der Waals surface area contributed by atoms with Crippen molar-refractivity contribution in [3.8, 4) is 0 Å². The molecular weight excluding hydrogens is 248 g/mol. The molecule has 1 aromatic rings. The van der Waals surface area contributed by atoms with E-state index in [9.17, 15) is 0 Å². The van der Waals surface area contributed by atoms with E-state index in [2.05, 4.69) is 22.2 Å². The predicted octanol–water partition coefficient (Wildman–Crippen LogP) is 2.04. The first-order valence-electron chi connectivity index (χ1n) is 6.73. The van der Waals surface area contributed by atoms with E-state index < -0.39 is 0 Å². The molecule has 0 bridgehead atoms. The lowest BCUT2D eigenvalue weighted by Crippen LogP contribution is -2.44. The lowest BCUT2D eigenvalue weighted by molar-refractivity contribution is -0.185. The van der Waals surface area contributed by atoms with E-state index >= 15 is 0 Å². The molecule has 1 aromatic heterocycles. The fourth-order valence-electron chi connectivity index (χ4n) is 2.65. The van der Waals surface area contributed by atoms with Crippen LogP contribution < -0.4 is 0 Å². The van der Waals surface area contributed by atoms with Crippen molar-refractivity contribution in [3.63, 3.8) is 0 Å². The molecule has 2 aliphatic rings. The molecule has 0 amide bonds. The van der Waals surface area contributed by atoms with Crippen LogP contribution in [0.3, 0.4) is 0 Å². The molecule has 0 unspecified atom stereocenters. The van der Waals surface area contributed by atoms with Gasteiger partial charge in [-0.25, -0.2) is 4.98 Å². The van der Waals surface area contributed by atoms with Crippen LogP contribution in [0.25, 0.3) is 0 Å². The number of hydrogen-bond acceptors (Lipinski definition) is 5. The van der Waals surface area contributed by atoms with Crippen molar-refractivity contribution < 1.29 is 9.47 Å². The lowest BCUT2D eigenvalue weighted by atomic mass is 10.0. The number of thiazole rings is 1. The average molecular weight is 268 g/mol. The van der Waals surface area contributed by atoms with Gasteiger partial charge in [0.1, 0.15) is 0 Å². The summed E-state index contributed by atoms with van der Waals surface area (Å²) < 4.78 is 11.5. The Morgan fingerprint density at radius 2 is 2.06 bits per heavy atom. The summed E-state index contributed by atoms with van der Waals surface area (Å²) in [7, 11) is 0. The highest BCUT2D eigenvalue weighted by Crippen LogP contribution is 2.31. The molecule has 0 aliphatic carbocycles. The molecular formula is C13H20N2O2S. The summed E-state index contributed by atoms with van der Waals surface area (Å²) in [4.78, 5) is 7.08. The van der Waals surface area contributed by atoms with E-state index in [0.29, 0.717) is 0 Å². The molecule has 3 rings (SSSR count). The van der Waals surface area contributed by atoms with Crippen molar-refractivity contribution in [1.82, 2.24) is 9.88 Å². The van der Waals surface area contributed by atoms with Gasteiger partial charge in [-0.05, 0) is 6.42 Å². The van der Waals surface area contributed by atoms with Gasteiger partial charge in [-0.3, -0.25) is 4.90 Å². The summed E-state index contributed by atoms with van der Waals surface area (Å²) in [6.07, 6.45) is 3.00. The second-order valence-electron chi connectivity index (χ2n) is 4.97. The number of nitrogens with zero attached hydrogens (tertiary/aromatic N) is 2. The van der Waals surface area contributed by atoms with Crippen LogP contribution in [0.15, 0.2) is 5.38 Å². The maximum absolute atomic E-state index is 5.74. The van der Waals surface area contributed by atoms with Crippen molar-refractivity contribution in [3.05, 3.63) is 16.1 Å². The van der Waals surface area contributed by atoms with E-state index in [1.165, 1.54) is 10.7 Å². The number of rotatable bonds is 3. The van der Waals surface area contributed by atoms with E-state index in [0.717, 1.165) is 52.1 Å². The summed E-state index contributed by atoms with van der Waals surface area (Å²) in [6, 6.07) is 0. The number of piperidine rings is 1. The van der Waals surface area contributed by atoms with Gasteiger partial charge >= 0.3 is 0 Å². The highest BCUT2D eigenvalue weighted by atomic mass is 32.1. The molecule has 18 heavy (non-hydrogen) atoms. The number of aromatic nitrogens is 1. The quantitative estimate of drug-likeness (QED) is 0.840. The molecule has 100 valence electrons. The summed E-state index contributed by atoms with van der Waals surface area (Å²) in [5.74, 6) is -0.257. The summed E-state index contributed by atoms with van der Waals surface area (Å²) in [5.41, 5.74) is 1.21. The number of ether oxygens (including phenoxy) is 2. The smallest absolute Gasteiger partial charge is 0.170 e. The van der Waals surface area contributed by atoms with Gasteiger partial charge in [-0.15, -0.1) is 11.3 Å². The van der Waals surface area contributed by atoms with Crippen LogP contribution in [0.1, 0.15) is 30.5 Å². The standard InChI is InChI=1S/C13H20N2O2S/c1-2-12-14-11(10-18-12)9-15-5-3-13(4-6-15)16-7-8-17-13/h10H,2-9H2,1H3. The van der Waals surface area contributed by atoms with Gasteiger partial charge in [-0.2, -0.15) is 0 Å². The first-order valence-corrected chi connectivity index (χ1v) is 7.61. The second kappa shape index (κ2) is 5.25. The van der Waals surface area contributed by atoms with Crippen LogP contribution in [0.4, 0.5) is 0 Å². The van der Waals surface area contributed by atoms with Crippen LogP contribution in [0, 0.1) is 0 Å². The summed E-state index contributed by atoms with van der Waals surface area (Å²) >= 11 is 1.77. The third-order valence-corrected chi connectivity index (χ3v) is 4.76. The van der Waals surface area contributed by atoms with Crippen molar-refractivity contribution in [2.45, 2.75) is 38.5 Å². The Balaban J connectivity index is 1.53. The number of hydrogen-bond donors (Lipinski definition) is 0. The van der Waals surface area contributed by atoms with Gasteiger partial charge < -0.3 is 9.47 Å². The zero-order valence-electron chi connectivity index (χ0n) is 10.9. The Morgan fingerprint density at radius 1 is 1.33 bits per heavy atom. The van der Waals surface area contributed by atoms with Crippen LogP contribution in [0.5, 0.6) is 0 Å². The topological polar surface area (TPSA) is 34.6 Å². The van der Waals surface area contributed by atoms with Gasteiger partial charge in [0, 0.05) is 37.9 Å². The number of aryl methyl sites for hydroxylation is 1. The fourth-order valence-corrected chi connectivity index (χ4v) is 3.39. The van der Waals surface area contributed by atoms with Crippen molar-refractivity contribution in [1.29, 1.82) is 0 Å². The molecule has 0 saturated carbocycles. The minimum atomic E-state index is -0.257. The maximum Gasteiger partial charge on any atom is 0.170 e. The Labute approximate surface area is 112 Å². The maximum atomic E-state index is 5.74.